The normalized spacial score (nSPS) is 23.2. The van der Waals surface area contributed by atoms with Crippen LogP contribution in [0.25, 0.3) is 0 Å². The minimum Gasteiger partial charge on any atom is -0.364 e. The Morgan fingerprint density at radius 2 is 2.17 bits per heavy atom. The maximum Gasteiger partial charge on any atom is 0.219 e. The highest BCUT2D eigenvalue weighted by Gasteiger charge is 2.34. The predicted molar refractivity (Wildman–Crippen MR) is 81.0 cm³/mol. The molecule has 4 rings (SSSR count). The largest absolute Gasteiger partial charge is 0.364 e. The van der Waals surface area contributed by atoms with Gasteiger partial charge in [0.05, 0.1) is 5.69 Å². The van der Waals surface area contributed by atoms with E-state index in [2.05, 4.69) is 19.9 Å². The van der Waals surface area contributed by atoms with E-state index in [4.69, 9.17) is 4.52 Å². The van der Waals surface area contributed by atoms with Crippen LogP contribution in [0.4, 0.5) is 0 Å². The first kappa shape index (κ1) is 14.8. The summed E-state index contributed by atoms with van der Waals surface area (Å²) in [5.74, 6) is 0.915. The van der Waals surface area contributed by atoms with Gasteiger partial charge in [-0.1, -0.05) is 5.16 Å². The quantitative estimate of drug-likeness (QED) is 0.816. The molecule has 124 valence electrons. The molecule has 9 heteroatoms. The highest BCUT2D eigenvalue weighted by atomic mass is 32.2. The number of aromatic nitrogens is 4. The maximum atomic E-state index is 12.6. The lowest BCUT2D eigenvalue weighted by Gasteiger charge is -2.31. The van der Waals surface area contributed by atoms with Crippen LogP contribution >= 0.6 is 0 Å². The second kappa shape index (κ2) is 5.72. The van der Waals surface area contributed by atoms with Gasteiger partial charge in [0.15, 0.2) is 0 Å². The molecule has 2 aliphatic rings. The summed E-state index contributed by atoms with van der Waals surface area (Å²) in [5.41, 5.74) is 0.438. The van der Waals surface area contributed by atoms with Crippen LogP contribution in [0.1, 0.15) is 49.2 Å². The van der Waals surface area contributed by atoms with Crippen molar-refractivity contribution in [3.63, 3.8) is 0 Å². The van der Waals surface area contributed by atoms with Crippen molar-refractivity contribution in [2.45, 2.75) is 43.4 Å². The summed E-state index contributed by atoms with van der Waals surface area (Å²) in [7, 11) is -3.39. The molecular formula is C14H19N5O3S. The van der Waals surface area contributed by atoms with Gasteiger partial charge in [-0.2, -0.15) is 0 Å². The van der Waals surface area contributed by atoms with Crippen LogP contribution in [0.15, 0.2) is 23.2 Å². The van der Waals surface area contributed by atoms with Gasteiger partial charge in [-0.15, -0.1) is 10.2 Å². The molecule has 0 radical (unpaired) electrons. The fourth-order valence-electron chi connectivity index (χ4n) is 3.17. The second-order valence-electron chi connectivity index (χ2n) is 6.27. The van der Waals surface area contributed by atoms with Crippen LogP contribution in [-0.2, 0) is 15.8 Å². The monoisotopic (exact) mass is 337 g/mol. The van der Waals surface area contributed by atoms with E-state index in [1.54, 1.807) is 16.7 Å². The van der Waals surface area contributed by atoms with Crippen molar-refractivity contribution >= 4 is 10.0 Å². The highest BCUT2D eigenvalue weighted by molar-refractivity contribution is 7.88. The van der Waals surface area contributed by atoms with E-state index in [1.165, 1.54) is 6.26 Å². The molecule has 3 heterocycles. The van der Waals surface area contributed by atoms with E-state index in [-0.39, 0.29) is 11.7 Å². The summed E-state index contributed by atoms with van der Waals surface area (Å²) < 4.78 is 33.6. The highest BCUT2D eigenvalue weighted by Crippen LogP contribution is 2.38. The molecule has 23 heavy (non-hydrogen) atoms. The van der Waals surface area contributed by atoms with Gasteiger partial charge in [0, 0.05) is 31.1 Å². The molecule has 1 atom stereocenters. The number of hydrogen-bond acceptors (Lipinski definition) is 6. The van der Waals surface area contributed by atoms with Crippen LogP contribution in [0.3, 0.4) is 0 Å². The van der Waals surface area contributed by atoms with Crippen molar-refractivity contribution in [2.75, 3.05) is 13.1 Å². The minimum absolute atomic E-state index is 0.110. The van der Waals surface area contributed by atoms with Crippen molar-refractivity contribution in [3.8, 4) is 0 Å². The van der Waals surface area contributed by atoms with Gasteiger partial charge < -0.3 is 9.09 Å². The Kier molecular flexibility index (Phi) is 3.68. The van der Waals surface area contributed by atoms with Crippen LogP contribution in [0.5, 0.6) is 0 Å². The average molecular weight is 337 g/mol. The zero-order valence-electron chi connectivity index (χ0n) is 12.7. The molecule has 8 nitrogen and oxygen atoms in total. The molecule has 1 aliphatic heterocycles. The summed E-state index contributed by atoms with van der Waals surface area (Å²) >= 11 is 0. The Bertz CT molecular complexity index is 766. The average Bonchev–Trinajstić information content (AvgIpc) is 3.06. The molecule has 2 aromatic heterocycles. The number of piperidine rings is 1. The molecule has 1 unspecified atom stereocenters. The topological polar surface area (TPSA) is 94.1 Å². The van der Waals surface area contributed by atoms with Crippen molar-refractivity contribution in [2.24, 2.45) is 0 Å². The van der Waals surface area contributed by atoms with Gasteiger partial charge in [0.25, 0.3) is 0 Å². The molecule has 0 spiro atoms. The molecule has 2 aromatic rings. The molecule has 0 aromatic carbocycles. The predicted octanol–water partition coefficient (Wildman–Crippen LogP) is 1.31. The first-order valence-corrected chi connectivity index (χ1v) is 9.51. The lowest BCUT2D eigenvalue weighted by atomic mass is 9.99. The fourth-order valence-corrected chi connectivity index (χ4v) is 4.69. The Hall–Kier alpha value is -1.74. The van der Waals surface area contributed by atoms with Gasteiger partial charge in [-0.3, -0.25) is 0 Å². The Morgan fingerprint density at radius 1 is 1.30 bits per heavy atom. The number of nitrogens with zero attached hydrogens (tertiary/aromatic N) is 5. The summed E-state index contributed by atoms with van der Waals surface area (Å²) in [6.07, 6.45) is 7.26. The van der Waals surface area contributed by atoms with Crippen LogP contribution in [-0.4, -0.2) is 45.7 Å². The Morgan fingerprint density at radius 3 is 2.91 bits per heavy atom. The molecule has 1 aliphatic carbocycles. The van der Waals surface area contributed by atoms with E-state index in [9.17, 15) is 8.42 Å². The maximum absolute atomic E-state index is 12.6. The van der Waals surface area contributed by atoms with E-state index < -0.39 is 10.0 Å². The van der Waals surface area contributed by atoms with Crippen molar-refractivity contribution < 1.29 is 12.9 Å². The number of hydrogen-bond donors (Lipinski definition) is 0. The van der Waals surface area contributed by atoms with E-state index in [0.717, 1.165) is 31.5 Å². The third kappa shape index (κ3) is 3.02. The summed E-state index contributed by atoms with van der Waals surface area (Å²) in [6.45, 7) is 1.01. The van der Waals surface area contributed by atoms with E-state index in [0.29, 0.717) is 24.8 Å². The van der Waals surface area contributed by atoms with Crippen molar-refractivity contribution in [1.29, 1.82) is 0 Å². The zero-order valence-corrected chi connectivity index (χ0v) is 13.5. The first-order valence-electron chi connectivity index (χ1n) is 7.90. The van der Waals surface area contributed by atoms with E-state index >= 15 is 0 Å². The Balaban J connectivity index is 1.51. The summed E-state index contributed by atoms with van der Waals surface area (Å²) in [4.78, 5) is 0. The van der Waals surface area contributed by atoms with Crippen LogP contribution in [0, 0.1) is 0 Å². The molecule has 0 bridgehead atoms. The lowest BCUT2D eigenvalue weighted by molar-refractivity contribution is 0.303. The van der Waals surface area contributed by atoms with Gasteiger partial charge in [-0.05, 0) is 25.7 Å². The third-order valence-electron chi connectivity index (χ3n) is 4.51. The van der Waals surface area contributed by atoms with Crippen LogP contribution in [0.2, 0.25) is 0 Å². The Labute approximate surface area is 134 Å². The number of rotatable bonds is 5. The zero-order chi connectivity index (χ0) is 15.9. The van der Waals surface area contributed by atoms with Crippen molar-refractivity contribution in [3.05, 3.63) is 30.2 Å². The number of sulfonamides is 1. The minimum atomic E-state index is -3.39. The van der Waals surface area contributed by atoms with Gasteiger partial charge >= 0.3 is 0 Å². The SMILES string of the molecule is O=S(=O)(Cc1ccon1)N1CCCC(c2nncn2C2CC2)C1. The molecule has 1 saturated heterocycles. The van der Waals surface area contributed by atoms with Gasteiger partial charge in [0.1, 0.15) is 24.2 Å². The van der Waals surface area contributed by atoms with Gasteiger partial charge in [0.2, 0.25) is 10.0 Å². The lowest BCUT2D eigenvalue weighted by Crippen LogP contribution is -2.40. The third-order valence-corrected chi connectivity index (χ3v) is 6.28. The molecule has 0 N–H and O–H groups in total. The first-order chi connectivity index (χ1) is 11.1. The summed E-state index contributed by atoms with van der Waals surface area (Å²) in [6, 6.07) is 2.09. The summed E-state index contributed by atoms with van der Waals surface area (Å²) in [5, 5.41) is 12.0. The smallest absolute Gasteiger partial charge is 0.219 e. The molecule has 0 amide bonds. The molecule has 1 saturated carbocycles. The molecular weight excluding hydrogens is 318 g/mol. The second-order valence-corrected chi connectivity index (χ2v) is 8.24. The van der Waals surface area contributed by atoms with Crippen molar-refractivity contribution in [1.82, 2.24) is 24.2 Å². The van der Waals surface area contributed by atoms with E-state index in [1.807, 2.05) is 0 Å². The fraction of sp³-hybridized carbons (Fsp3) is 0.643. The molecule has 2 fully saturated rings. The van der Waals surface area contributed by atoms with Gasteiger partial charge in [-0.25, -0.2) is 12.7 Å². The van der Waals surface area contributed by atoms with Crippen LogP contribution < -0.4 is 0 Å². The standard InChI is InChI=1S/C14H19N5O3S/c20-23(21,9-12-5-7-22-17-12)18-6-1-2-11(8-18)14-16-15-10-19(14)13-3-4-13/h5,7,10-11,13H,1-4,6,8-9H2.